The number of halogens is 2. The Balaban J connectivity index is 2.30. The van der Waals surface area contributed by atoms with Gasteiger partial charge in [0.05, 0.1) is 0 Å². The van der Waals surface area contributed by atoms with Gasteiger partial charge in [-0.25, -0.2) is 4.39 Å². The highest BCUT2D eigenvalue weighted by Crippen LogP contribution is 2.26. The molecule has 2 aromatic carbocycles. The van der Waals surface area contributed by atoms with Gasteiger partial charge < -0.3 is 5.73 Å². The maximum atomic E-state index is 13.8. The molecule has 1 nitrogen and oxygen atoms in total. The third-order valence-electron chi connectivity index (χ3n) is 2.95. The van der Waals surface area contributed by atoms with Crippen molar-refractivity contribution in [3.8, 4) is 0 Å². The van der Waals surface area contributed by atoms with Crippen LogP contribution in [-0.2, 0) is 12.0 Å². The normalized spacial score (nSPS) is 14.2. The Morgan fingerprint density at radius 1 is 1.17 bits per heavy atom. The summed E-state index contributed by atoms with van der Waals surface area (Å²) in [6, 6.07) is 14.1. The van der Waals surface area contributed by atoms with Crippen LogP contribution in [0.2, 0.25) is 5.02 Å². The molecule has 0 saturated carbocycles. The standard InChI is InChI=1S/C15H15ClFN/c1-15(18,13-7-2-3-8-14(13)17)10-11-5-4-6-12(16)9-11/h2-9H,10,18H2,1H3. The van der Waals surface area contributed by atoms with Crippen LogP contribution in [0.5, 0.6) is 0 Å². The fourth-order valence-electron chi connectivity index (χ4n) is 2.09. The van der Waals surface area contributed by atoms with Crippen LogP contribution in [0.3, 0.4) is 0 Å². The molecule has 0 aromatic heterocycles. The lowest BCUT2D eigenvalue weighted by Gasteiger charge is -2.26. The molecule has 0 aliphatic rings. The second-order valence-electron chi connectivity index (χ2n) is 4.70. The zero-order valence-corrected chi connectivity index (χ0v) is 10.9. The summed E-state index contributed by atoms with van der Waals surface area (Å²) in [6.07, 6.45) is 0.536. The Bertz CT molecular complexity index is 552. The minimum Gasteiger partial charge on any atom is -0.321 e. The van der Waals surface area contributed by atoms with Gasteiger partial charge >= 0.3 is 0 Å². The van der Waals surface area contributed by atoms with Gasteiger partial charge in [0, 0.05) is 16.1 Å². The Morgan fingerprint density at radius 2 is 1.89 bits per heavy atom. The van der Waals surface area contributed by atoms with Crippen LogP contribution >= 0.6 is 11.6 Å². The summed E-state index contributed by atoms with van der Waals surface area (Å²) in [5.41, 5.74) is 7.00. The van der Waals surface area contributed by atoms with E-state index in [-0.39, 0.29) is 5.82 Å². The third kappa shape index (κ3) is 2.89. The van der Waals surface area contributed by atoms with Gasteiger partial charge in [0.25, 0.3) is 0 Å². The SMILES string of the molecule is CC(N)(Cc1cccc(Cl)c1)c1ccccc1F. The van der Waals surface area contributed by atoms with Gasteiger partial charge in [-0.2, -0.15) is 0 Å². The molecule has 1 atom stereocenters. The van der Waals surface area contributed by atoms with Crippen LogP contribution in [-0.4, -0.2) is 0 Å². The number of hydrogen-bond acceptors (Lipinski definition) is 1. The van der Waals surface area contributed by atoms with Crippen LogP contribution in [0, 0.1) is 5.82 Å². The molecule has 18 heavy (non-hydrogen) atoms. The van der Waals surface area contributed by atoms with Crippen molar-refractivity contribution in [2.75, 3.05) is 0 Å². The van der Waals surface area contributed by atoms with E-state index in [1.807, 2.05) is 31.2 Å². The van der Waals surface area contributed by atoms with E-state index in [0.717, 1.165) is 5.56 Å². The molecule has 0 spiro atoms. The largest absolute Gasteiger partial charge is 0.321 e. The number of rotatable bonds is 3. The molecule has 0 aliphatic heterocycles. The molecular formula is C15H15ClFN. The molecule has 0 saturated heterocycles. The van der Waals surface area contributed by atoms with E-state index in [2.05, 4.69) is 0 Å². The van der Waals surface area contributed by atoms with Crippen LogP contribution < -0.4 is 5.73 Å². The van der Waals surface area contributed by atoms with Gasteiger partial charge in [0.15, 0.2) is 0 Å². The van der Waals surface area contributed by atoms with Crippen molar-refractivity contribution in [3.63, 3.8) is 0 Å². The van der Waals surface area contributed by atoms with Crippen LogP contribution in [0.25, 0.3) is 0 Å². The first-order chi connectivity index (χ1) is 8.49. The van der Waals surface area contributed by atoms with E-state index in [4.69, 9.17) is 17.3 Å². The molecule has 0 heterocycles. The highest BCUT2D eigenvalue weighted by molar-refractivity contribution is 6.30. The molecule has 0 fully saturated rings. The predicted molar refractivity (Wildman–Crippen MR) is 73.1 cm³/mol. The van der Waals surface area contributed by atoms with E-state index in [0.29, 0.717) is 17.0 Å². The first-order valence-corrected chi connectivity index (χ1v) is 6.15. The summed E-state index contributed by atoms with van der Waals surface area (Å²) in [5.74, 6) is -0.274. The predicted octanol–water partition coefficient (Wildman–Crippen LogP) is 3.90. The van der Waals surface area contributed by atoms with Crippen molar-refractivity contribution >= 4 is 11.6 Å². The molecule has 2 aromatic rings. The van der Waals surface area contributed by atoms with Gasteiger partial charge in [-0.15, -0.1) is 0 Å². The molecule has 94 valence electrons. The molecule has 1 unspecified atom stereocenters. The molecule has 0 radical (unpaired) electrons. The smallest absolute Gasteiger partial charge is 0.128 e. The molecule has 0 bridgehead atoms. The van der Waals surface area contributed by atoms with Gasteiger partial charge in [-0.3, -0.25) is 0 Å². The van der Waals surface area contributed by atoms with Gasteiger partial charge in [0.1, 0.15) is 5.82 Å². The maximum Gasteiger partial charge on any atom is 0.128 e. The second-order valence-corrected chi connectivity index (χ2v) is 5.14. The molecule has 2 N–H and O–H groups in total. The van der Waals surface area contributed by atoms with Crippen molar-refractivity contribution in [3.05, 3.63) is 70.5 Å². The monoisotopic (exact) mass is 263 g/mol. The fourth-order valence-corrected chi connectivity index (χ4v) is 2.30. The van der Waals surface area contributed by atoms with E-state index in [1.54, 1.807) is 18.2 Å². The number of benzene rings is 2. The summed E-state index contributed by atoms with van der Waals surface area (Å²) >= 11 is 5.94. The van der Waals surface area contributed by atoms with Crippen molar-refractivity contribution in [1.29, 1.82) is 0 Å². The number of nitrogens with two attached hydrogens (primary N) is 1. The zero-order chi connectivity index (χ0) is 13.2. The Morgan fingerprint density at radius 3 is 2.56 bits per heavy atom. The minimum absolute atomic E-state index is 0.274. The second kappa shape index (κ2) is 5.09. The van der Waals surface area contributed by atoms with Crippen molar-refractivity contribution in [1.82, 2.24) is 0 Å². The van der Waals surface area contributed by atoms with Gasteiger partial charge in [-0.05, 0) is 37.1 Å². The lowest BCUT2D eigenvalue weighted by molar-refractivity contribution is 0.457. The van der Waals surface area contributed by atoms with E-state index < -0.39 is 5.54 Å². The highest BCUT2D eigenvalue weighted by Gasteiger charge is 2.24. The first-order valence-electron chi connectivity index (χ1n) is 5.77. The van der Waals surface area contributed by atoms with E-state index >= 15 is 0 Å². The summed E-state index contributed by atoms with van der Waals surface area (Å²) in [4.78, 5) is 0. The highest BCUT2D eigenvalue weighted by atomic mass is 35.5. The van der Waals surface area contributed by atoms with Crippen LogP contribution in [0.1, 0.15) is 18.1 Å². The van der Waals surface area contributed by atoms with Crippen LogP contribution in [0.4, 0.5) is 4.39 Å². The average Bonchev–Trinajstić information content (AvgIpc) is 2.28. The van der Waals surface area contributed by atoms with E-state index in [9.17, 15) is 4.39 Å². The first kappa shape index (κ1) is 13.1. The topological polar surface area (TPSA) is 26.0 Å². The summed E-state index contributed by atoms with van der Waals surface area (Å²) in [7, 11) is 0. The summed E-state index contributed by atoms with van der Waals surface area (Å²) < 4.78 is 13.8. The molecule has 0 aliphatic carbocycles. The zero-order valence-electron chi connectivity index (χ0n) is 10.2. The molecule has 2 rings (SSSR count). The molecular weight excluding hydrogens is 249 g/mol. The minimum atomic E-state index is -0.754. The molecule has 0 amide bonds. The summed E-state index contributed by atoms with van der Waals surface area (Å²) in [5, 5.41) is 0.664. The van der Waals surface area contributed by atoms with Gasteiger partial charge in [-0.1, -0.05) is 41.9 Å². The van der Waals surface area contributed by atoms with Crippen molar-refractivity contribution < 1.29 is 4.39 Å². The summed E-state index contributed by atoms with van der Waals surface area (Å²) in [6.45, 7) is 1.83. The lowest BCUT2D eigenvalue weighted by Crippen LogP contribution is -2.36. The van der Waals surface area contributed by atoms with Crippen molar-refractivity contribution in [2.24, 2.45) is 5.73 Å². The third-order valence-corrected chi connectivity index (χ3v) is 3.18. The molecule has 3 heteroatoms. The Labute approximate surface area is 111 Å². The Kier molecular flexibility index (Phi) is 3.69. The van der Waals surface area contributed by atoms with E-state index in [1.165, 1.54) is 6.07 Å². The average molecular weight is 264 g/mol. The van der Waals surface area contributed by atoms with Crippen molar-refractivity contribution in [2.45, 2.75) is 18.9 Å². The van der Waals surface area contributed by atoms with Crippen LogP contribution in [0.15, 0.2) is 48.5 Å². The lowest BCUT2D eigenvalue weighted by atomic mass is 9.86. The maximum absolute atomic E-state index is 13.8. The van der Waals surface area contributed by atoms with Gasteiger partial charge in [0.2, 0.25) is 0 Å². The fraction of sp³-hybridized carbons (Fsp3) is 0.200. The Hall–Kier alpha value is -1.38. The quantitative estimate of drug-likeness (QED) is 0.893. The number of hydrogen-bond donors (Lipinski definition) is 1.